The summed E-state index contributed by atoms with van der Waals surface area (Å²) in [4.78, 5) is 0. The van der Waals surface area contributed by atoms with Crippen molar-refractivity contribution in [3.63, 3.8) is 0 Å². The van der Waals surface area contributed by atoms with Gasteiger partial charge in [0.1, 0.15) is 6.54 Å². The minimum Gasteiger partial charge on any atom is -1.00 e. The summed E-state index contributed by atoms with van der Waals surface area (Å²) in [5.74, 6) is 0. The Morgan fingerprint density at radius 1 is 0.667 bits per heavy atom. The minimum atomic E-state index is 0. The zero-order valence-electron chi connectivity index (χ0n) is 16.2. The van der Waals surface area contributed by atoms with Crippen molar-refractivity contribution in [1.82, 2.24) is 0 Å². The van der Waals surface area contributed by atoms with Crippen molar-refractivity contribution >= 4 is 0 Å². The molecule has 140 valence electrons. The summed E-state index contributed by atoms with van der Waals surface area (Å²) in [7, 11) is 0. The summed E-state index contributed by atoms with van der Waals surface area (Å²) >= 11 is 0. The van der Waals surface area contributed by atoms with E-state index >= 15 is 0 Å². The molecule has 0 N–H and O–H groups in total. The van der Waals surface area contributed by atoms with Crippen LogP contribution >= 0.6 is 0 Å². The Balaban J connectivity index is 0.00000529. The second kappa shape index (κ2) is 17.7. The van der Waals surface area contributed by atoms with Gasteiger partial charge >= 0.3 is 0 Å². The highest BCUT2D eigenvalue weighted by Gasteiger charge is 2.03. The van der Waals surface area contributed by atoms with E-state index in [-0.39, 0.29) is 24.0 Å². The van der Waals surface area contributed by atoms with E-state index in [0.29, 0.717) is 0 Å². The van der Waals surface area contributed by atoms with Crippen LogP contribution in [-0.4, -0.2) is 0 Å². The molecule has 1 aromatic rings. The van der Waals surface area contributed by atoms with E-state index in [1.54, 1.807) is 0 Å². The zero-order valence-corrected chi connectivity index (χ0v) is 18.4. The van der Waals surface area contributed by atoms with Crippen molar-refractivity contribution in [3.05, 3.63) is 30.1 Å². The lowest BCUT2D eigenvalue weighted by molar-refractivity contribution is -0.703. The first-order valence-electron chi connectivity index (χ1n) is 10.3. The van der Waals surface area contributed by atoms with E-state index in [4.69, 9.17) is 0 Å². The zero-order chi connectivity index (χ0) is 16.6. The van der Waals surface area contributed by atoms with Crippen LogP contribution in [0, 0.1) is 6.92 Å². The Morgan fingerprint density at radius 3 is 1.58 bits per heavy atom. The van der Waals surface area contributed by atoms with E-state index in [1.807, 2.05) is 0 Å². The van der Waals surface area contributed by atoms with Gasteiger partial charge in [-0.05, 0) is 6.42 Å². The molecule has 24 heavy (non-hydrogen) atoms. The van der Waals surface area contributed by atoms with Crippen molar-refractivity contribution in [3.8, 4) is 0 Å². The van der Waals surface area contributed by atoms with Gasteiger partial charge in [-0.25, -0.2) is 4.57 Å². The second-order valence-electron chi connectivity index (χ2n) is 7.13. The number of nitrogens with zero attached hydrogens (tertiary/aromatic N) is 1. The molecule has 1 nitrogen and oxygen atoms in total. The van der Waals surface area contributed by atoms with Gasteiger partial charge in [0.15, 0.2) is 11.9 Å². The van der Waals surface area contributed by atoms with Crippen LogP contribution in [0.1, 0.15) is 103 Å². The van der Waals surface area contributed by atoms with Gasteiger partial charge < -0.3 is 24.0 Å². The van der Waals surface area contributed by atoms with Crippen LogP contribution in [0.25, 0.3) is 0 Å². The van der Waals surface area contributed by atoms with E-state index in [1.165, 1.54) is 102 Å². The minimum absolute atomic E-state index is 0. The molecule has 2 heteroatoms. The maximum absolute atomic E-state index is 2.38. The molecule has 0 amide bonds. The average Bonchev–Trinajstić information content (AvgIpc) is 2.57. The van der Waals surface area contributed by atoms with Crippen LogP contribution in [0.5, 0.6) is 0 Å². The van der Waals surface area contributed by atoms with Crippen molar-refractivity contribution in [2.45, 2.75) is 110 Å². The summed E-state index contributed by atoms with van der Waals surface area (Å²) in [6.45, 7) is 5.68. The molecule has 0 atom stereocenters. The Hall–Kier alpha value is -0.120. The summed E-state index contributed by atoms with van der Waals surface area (Å²) < 4.78 is 2.38. The molecule has 0 bridgehead atoms. The smallest absolute Gasteiger partial charge is 0.178 e. The molecule has 0 aliphatic carbocycles. The van der Waals surface area contributed by atoms with Crippen molar-refractivity contribution in [1.29, 1.82) is 0 Å². The predicted molar refractivity (Wildman–Crippen MR) is 102 cm³/mol. The quantitative estimate of drug-likeness (QED) is 0.220. The lowest BCUT2D eigenvalue weighted by Gasteiger charge is -2.03. The van der Waals surface area contributed by atoms with E-state index < -0.39 is 0 Å². The summed E-state index contributed by atoms with van der Waals surface area (Å²) in [6, 6.07) is 6.46. The van der Waals surface area contributed by atoms with Crippen molar-refractivity contribution in [2.75, 3.05) is 0 Å². The number of unbranched alkanes of at least 4 members (excludes halogenated alkanes) is 13. The molecule has 0 aliphatic rings. The molecular formula is C22H40IN. The lowest BCUT2D eigenvalue weighted by atomic mass is 10.0. The standard InChI is InChI=1S/C22H40N.HI/c1-3-4-5-6-7-8-9-10-11-12-13-14-15-17-20-23-21-18-16-19-22(23)2;/h16,18-19,21H,3-15,17,20H2,1-2H3;1H/q+1;/p-1. The Kier molecular flexibility index (Phi) is 17.6. The summed E-state index contributed by atoms with van der Waals surface area (Å²) in [6.07, 6.45) is 22.3. The number of aromatic nitrogens is 1. The first-order chi connectivity index (χ1) is 11.3. The number of hydrogen-bond acceptors (Lipinski definition) is 0. The highest BCUT2D eigenvalue weighted by atomic mass is 127. The fourth-order valence-electron chi connectivity index (χ4n) is 3.29. The summed E-state index contributed by atoms with van der Waals surface area (Å²) in [5, 5.41) is 0. The van der Waals surface area contributed by atoms with Gasteiger partial charge in [0, 0.05) is 25.5 Å². The monoisotopic (exact) mass is 445 g/mol. The molecule has 0 aliphatic heterocycles. The van der Waals surface area contributed by atoms with E-state index in [0.717, 1.165) is 0 Å². The molecule has 1 rings (SSSR count). The fraction of sp³-hybridized carbons (Fsp3) is 0.773. The molecule has 0 saturated heterocycles. The number of aryl methyl sites for hydroxylation is 2. The number of hydrogen-bond donors (Lipinski definition) is 0. The number of pyridine rings is 1. The molecule has 0 spiro atoms. The average molecular weight is 445 g/mol. The van der Waals surface area contributed by atoms with Gasteiger partial charge in [0.2, 0.25) is 0 Å². The van der Waals surface area contributed by atoms with Gasteiger partial charge in [-0.2, -0.15) is 0 Å². The molecule has 0 saturated carbocycles. The van der Waals surface area contributed by atoms with E-state index in [2.05, 4.69) is 42.8 Å². The van der Waals surface area contributed by atoms with E-state index in [9.17, 15) is 0 Å². The molecule has 0 unspecified atom stereocenters. The largest absolute Gasteiger partial charge is 1.00 e. The fourth-order valence-corrected chi connectivity index (χ4v) is 3.29. The van der Waals surface area contributed by atoms with Gasteiger partial charge in [0.05, 0.1) is 0 Å². The van der Waals surface area contributed by atoms with Crippen molar-refractivity contribution < 1.29 is 28.5 Å². The van der Waals surface area contributed by atoms with Crippen LogP contribution in [0.3, 0.4) is 0 Å². The first kappa shape index (κ1) is 23.9. The van der Waals surface area contributed by atoms with Crippen LogP contribution in [0.4, 0.5) is 0 Å². The van der Waals surface area contributed by atoms with Gasteiger partial charge in [-0.15, -0.1) is 0 Å². The predicted octanol–water partition coefficient (Wildman–Crippen LogP) is 3.77. The molecule has 0 fully saturated rings. The highest BCUT2D eigenvalue weighted by Crippen LogP contribution is 2.12. The van der Waals surface area contributed by atoms with Gasteiger partial charge in [-0.1, -0.05) is 90.0 Å². The van der Waals surface area contributed by atoms with Crippen LogP contribution in [0.15, 0.2) is 24.4 Å². The maximum Gasteiger partial charge on any atom is 0.178 e. The lowest BCUT2D eigenvalue weighted by Crippen LogP contribution is -3.00. The Labute approximate surface area is 168 Å². The van der Waals surface area contributed by atoms with Gasteiger partial charge in [0.25, 0.3) is 0 Å². The summed E-state index contributed by atoms with van der Waals surface area (Å²) in [5.41, 5.74) is 1.38. The van der Waals surface area contributed by atoms with Crippen LogP contribution in [-0.2, 0) is 6.54 Å². The Morgan fingerprint density at radius 2 is 1.12 bits per heavy atom. The van der Waals surface area contributed by atoms with Crippen LogP contribution in [0.2, 0.25) is 0 Å². The third-order valence-corrected chi connectivity index (χ3v) is 4.92. The molecule has 0 radical (unpaired) electrons. The second-order valence-corrected chi connectivity index (χ2v) is 7.13. The normalized spacial score (nSPS) is 10.6. The maximum atomic E-state index is 2.38. The third kappa shape index (κ3) is 13.2. The number of rotatable bonds is 15. The van der Waals surface area contributed by atoms with Crippen molar-refractivity contribution in [2.24, 2.45) is 0 Å². The highest BCUT2D eigenvalue weighted by molar-refractivity contribution is 4.93. The topological polar surface area (TPSA) is 3.88 Å². The molecular weight excluding hydrogens is 405 g/mol. The molecule has 1 aromatic heterocycles. The third-order valence-electron chi connectivity index (χ3n) is 4.92. The first-order valence-corrected chi connectivity index (χ1v) is 10.3. The van der Waals surface area contributed by atoms with Gasteiger partial charge in [-0.3, -0.25) is 0 Å². The molecule has 0 aromatic carbocycles. The SMILES string of the molecule is CCCCCCCCCCCCCCCC[n+]1ccccc1C.[I-]. The number of halogens is 1. The van der Waals surface area contributed by atoms with Crippen LogP contribution < -0.4 is 28.5 Å². The Bertz CT molecular complexity index is 378. The molecule has 1 heterocycles.